The predicted octanol–water partition coefficient (Wildman–Crippen LogP) is 4.54. The molecule has 6 rings (SSSR count). The molecule has 2 N–H and O–H groups in total. The number of carbonyl (C=O) groups is 1. The Hall–Kier alpha value is -3.19. The highest BCUT2D eigenvalue weighted by atomic mass is 19.1. The highest BCUT2D eigenvalue weighted by Crippen LogP contribution is 2.55. The minimum atomic E-state index is -0.458. The van der Waals surface area contributed by atoms with Crippen molar-refractivity contribution < 1.29 is 9.18 Å². The quantitative estimate of drug-likeness (QED) is 0.622. The Bertz CT molecular complexity index is 1190. The molecule has 1 aromatic heterocycles. The largest absolute Gasteiger partial charge is 0.335 e. The summed E-state index contributed by atoms with van der Waals surface area (Å²) in [7, 11) is 2.17. The molecular formula is C26H28FN5O. The lowest BCUT2D eigenvalue weighted by Gasteiger charge is -2.47. The smallest absolute Gasteiger partial charge is 0.319 e. The van der Waals surface area contributed by atoms with E-state index in [1.54, 1.807) is 18.6 Å². The van der Waals surface area contributed by atoms with Crippen LogP contribution in [0.4, 0.5) is 14.9 Å². The first-order valence-electron chi connectivity index (χ1n) is 11.7. The molecule has 3 aliphatic rings. The zero-order valence-corrected chi connectivity index (χ0v) is 18.7. The summed E-state index contributed by atoms with van der Waals surface area (Å²) in [6, 6.07) is 13.2. The third-order valence-corrected chi connectivity index (χ3v) is 7.72. The molecule has 2 amide bonds. The molecule has 2 fully saturated rings. The molecule has 2 aromatic carbocycles. The minimum Gasteiger partial charge on any atom is -0.335 e. The fourth-order valence-electron chi connectivity index (χ4n) is 5.96. The van der Waals surface area contributed by atoms with Crippen LogP contribution in [0.3, 0.4) is 0 Å². The van der Waals surface area contributed by atoms with E-state index in [0.717, 1.165) is 35.6 Å². The third kappa shape index (κ3) is 3.33. The summed E-state index contributed by atoms with van der Waals surface area (Å²) >= 11 is 0. The number of piperidine rings is 1. The summed E-state index contributed by atoms with van der Waals surface area (Å²) in [4.78, 5) is 19.3. The number of benzene rings is 2. The van der Waals surface area contributed by atoms with Crippen LogP contribution in [-0.4, -0.2) is 46.7 Å². The van der Waals surface area contributed by atoms with Gasteiger partial charge in [0.1, 0.15) is 5.82 Å². The van der Waals surface area contributed by atoms with E-state index in [0.29, 0.717) is 18.8 Å². The van der Waals surface area contributed by atoms with Gasteiger partial charge in [-0.25, -0.2) is 14.2 Å². The highest BCUT2D eigenvalue weighted by Gasteiger charge is 2.54. The number of amides is 2. The number of carbonyl (C=O) groups excluding carboxylic acids is 1. The summed E-state index contributed by atoms with van der Waals surface area (Å²) < 4.78 is 16.8. The van der Waals surface area contributed by atoms with Gasteiger partial charge in [-0.3, -0.25) is 0 Å². The molecule has 1 spiro atoms. The average molecular weight is 446 g/mol. The summed E-state index contributed by atoms with van der Waals surface area (Å²) in [5, 5.41) is 6.01. The Balaban J connectivity index is 1.09. The Morgan fingerprint density at radius 1 is 1.12 bits per heavy atom. The summed E-state index contributed by atoms with van der Waals surface area (Å²) in [6.45, 7) is 2.26. The van der Waals surface area contributed by atoms with Gasteiger partial charge < -0.3 is 20.1 Å². The normalized spacial score (nSPS) is 24.2. The van der Waals surface area contributed by atoms with E-state index in [9.17, 15) is 9.18 Å². The number of hydrogen-bond acceptors (Lipinski definition) is 3. The van der Waals surface area contributed by atoms with Crippen molar-refractivity contribution in [3.8, 4) is 11.3 Å². The van der Waals surface area contributed by atoms with E-state index in [4.69, 9.17) is 0 Å². The van der Waals surface area contributed by atoms with Crippen LogP contribution in [0.5, 0.6) is 0 Å². The Morgan fingerprint density at radius 3 is 2.64 bits per heavy atom. The second-order valence-electron chi connectivity index (χ2n) is 9.75. The van der Waals surface area contributed by atoms with Gasteiger partial charge in [-0.2, -0.15) is 0 Å². The van der Waals surface area contributed by atoms with Gasteiger partial charge in [0.25, 0.3) is 0 Å². The number of imidazole rings is 1. The first kappa shape index (κ1) is 20.4. The highest BCUT2D eigenvalue weighted by molar-refractivity contribution is 5.89. The van der Waals surface area contributed by atoms with E-state index in [-0.39, 0.29) is 17.9 Å². The van der Waals surface area contributed by atoms with Gasteiger partial charge in [0.05, 0.1) is 23.8 Å². The van der Waals surface area contributed by atoms with Crippen LogP contribution in [0, 0.1) is 5.82 Å². The number of likely N-dealkylation sites (tertiary alicyclic amines) is 1. The minimum absolute atomic E-state index is 0.0238. The number of urea groups is 1. The number of hydrogen-bond donors (Lipinski definition) is 2. The second kappa shape index (κ2) is 7.70. The van der Waals surface area contributed by atoms with Crippen molar-refractivity contribution in [1.82, 2.24) is 19.8 Å². The van der Waals surface area contributed by atoms with Crippen molar-refractivity contribution in [1.29, 1.82) is 0 Å². The van der Waals surface area contributed by atoms with Gasteiger partial charge in [-0.15, -0.1) is 0 Å². The molecule has 1 saturated carbocycles. The molecule has 170 valence electrons. The number of aromatic nitrogens is 2. The van der Waals surface area contributed by atoms with Gasteiger partial charge in [0.2, 0.25) is 0 Å². The number of anilines is 1. The van der Waals surface area contributed by atoms with Crippen LogP contribution in [0.2, 0.25) is 0 Å². The van der Waals surface area contributed by atoms with Crippen LogP contribution in [0.25, 0.3) is 11.3 Å². The van der Waals surface area contributed by atoms with Crippen molar-refractivity contribution in [2.45, 2.75) is 43.2 Å². The molecule has 1 aliphatic carbocycles. The van der Waals surface area contributed by atoms with Crippen molar-refractivity contribution in [2.24, 2.45) is 0 Å². The van der Waals surface area contributed by atoms with Crippen molar-refractivity contribution in [2.75, 3.05) is 25.5 Å². The first-order valence-corrected chi connectivity index (χ1v) is 11.7. The van der Waals surface area contributed by atoms with Crippen LogP contribution >= 0.6 is 0 Å². The summed E-state index contributed by atoms with van der Waals surface area (Å²) in [5.41, 5.74) is 4.24. The maximum Gasteiger partial charge on any atom is 0.319 e. The molecule has 0 atom stereocenters. The number of nitrogens with zero attached hydrogens (tertiary/aromatic N) is 3. The first-order chi connectivity index (χ1) is 16.0. The molecule has 7 heteroatoms. The van der Waals surface area contributed by atoms with Gasteiger partial charge >= 0.3 is 6.03 Å². The third-order valence-electron chi connectivity index (χ3n) is 7.72. The summed E-state index contributed by atoms with van der Waals surface area (Å²) in [5.74, 6) is 0.404. The van der Waals surface area contributed by atoms with Gasteiger partial charge in [-0.05, 0) is 75.5 Å². The van der Waals surface area contributed by atoms with Crippen molar-refractivity contribution in [3.63, 3.8) is 0 Å². The maximum atomic E-state index is 14.8. The number of nitrogens with one attached hydrogen (secondary N) is 2. The Morgan fingerprint density at radius 2 is 1.88 bits per heavy atom. The SMILES string of the molecule is CN1CCC(c2ccc(NC(=O)NC3CC4(C3)c3c(F)cccc3-c3cncn34)cc2)CC1. The molecule has 1 saturated heterocycles. The van der Waals surface area contributed by atoms with Gasteiger partial charge in [-0.1, -0.05) is 24.3 Å². The number of fused-ring (bicyclic) bond motifs is 5. The standard InChI is InChI=1S/C26H28FN5O/c1-31-11-9-18(10-12-31)17-5-7-19(8-6-17)29-25(33)30-20-13-26(14-20)24-21(3-2-4-22(24)27)23-15-28-16-32(23)26/h2-8,15-16,18,20H,9-14H2,1H3,(H2,29,30,33). The summed E-state index contributed by atoms with van der Waals surface area (Å²) in [6.07, 6.45) is 7.21. The van der Waals surface area contributed by atoms with E-state index in [1.165, 1.54) is 24.5 Å². The molecule has 0 unspecified atom stereocenters. The van der Waals surface area contributed by atoms with E-state index < -0.39 is 5.54 Å². The number of rotatable bonds is 3. The van der Waals surface area contributed by atoms with Gasteiger partial charge in [0, 0.05) is 22.9 Å². The Kier molecular flexibility index (Phi) is 4.76. The number of halogens is 1. The van der Waals surface area contributed by atoms with Crippen molar-refractivity contribution in [3.05, 3.63) is 71.9 Å². The fourth-order valence-corrected chi connectivity index (χ4v) is 5.96. The fraction of sp³-hybridized carbons (Fsp3) is 0.385. The lowest BCUT2D eigenvalue weighted by molar-refractivity contribution is 0.145. The zero-order chi connectivity index (χ0) is 22.6. The van der Waals surface area contributed by atoms with Crippen LogP contribution in [0.15, 0.2) is 55.0 Å². The van der Waals surface area contributed by atoms with Crippen LogP contribution in [0.1, 0.15) is 42.7 Å². The Labute approximate surface area is 192 Å². The van der Waals surface area contributed by atoms with Crippen molar-refractivity contribution >= 4 is 11.7 Å². The molecule has 33 heavy (non-hydrogen) atoms. The lowest BCUT2D eigenvalue weighted by atomic mass is 9.68. The van der Waals surface area contributed by atoms with Gasteiger partial charge in [0.15, 0.2) is 0 Å². The molecule has 0 bridgehead atoms. The van der Waals surface area contributed by atoms with E-state index >= 15 is 0 Å². The van der Waals surface area contributed by atoms with E-state index in [2.05, 4.69) is 44.3 Å². The molecule has 0 radical (unpaired) electrons. The second-order valence-corrected chi connectivity index (χ2v) is 9.75. The zero-order valence-electron chi connectivity index (χ0n) is 18.7. The molecule has 6 nitrogen and oxygen atoms in total. The van der Waals surface area contributed by atoms with Crippen LogP contribution in [-0.2, 0) is 5.54 Å². The average Bonchev–Trinajstić information content (AvgIpc) is 3.36. The van der Waals surface area contributed by atoms with E-state index in [1.807, 2.05) is 18.2 Å². The molecule has 3 aromatic rings. The topological polar surface area (TPSA) is 62.2 Å². The molecular weight excluding hydrogens is 417 g/mol. The predicted molar refractivity (Wildman–Crippen MR) is 126 cm³/mol. The lowest BCUT2D eigenvalue weighted by Crippen LogP contribution is -2.56. The van der Waals surface area contributed by atoms with Crippen LogP contribution < -0.4 is 10.6 Å². The monoisotopic (exact) mass is 445 g/mol. The molecule has 2 aliphatic heterocycles. The maximum absolute atomic E-state index is 14.8. The molecule has 3 heterocycles.